The van der Waals surface area contributed by atoms with Crippen molar-refractivity contribution in [1.29, 1.82) is 0 Å². The van der Waals surface area contributed by atoms with Crippen LogP contribution in [0.4, 0.5) is 22.7 Å². The molecule has 2 aromatic rings. The number of nitrogens with zero attached hydrogens (tertiary/aromatic N) is 4. The van der Waals surface area contributed by atoms with Gasteiger partial charge in [-0.3, -0.25) is 9.80 Å². The fourth-order valence-electron chi connectivity index (χ4n) is 3.64. The number of piperazine rings is 1. The van der Waals surface area contributed by atoms with Crippen molar-refractivity contribution in [3.63, 3.8) is 0 Å². The molecule has 1 N–H and O–H groups in total. The molecule has 0 aliphatic carbocycles. The summed E-state index contributed by atoms with van der Waals surface area (Å²) in [5, 5.41) is 3.53. The van der Waals surface area contributed by atoms with Gasteiger partial charge in [-0.1, -0.05) is 30.8 Å². The predicted molar refractivity (Wildman–Crippen MR) is 109 cm³/mol. The van der Waals surface area contributed by atoms with Crippen molar-refractivity contribution in [2.24, 2.45) is 0 Å². The van der Waals surface area contributed by atoms with E-state index in [1.165, 1.54) is 0 Å². The first-order valence-electron chi connectivity index (χ1n) is 9.19. The minimum absolute atomic E-state index is 0.890. The van der Waals surface area contributed by atoms with Gasteiger partial charge < -0.3 is 15.1 Å². The van der Waals surface area contributed by atoms with Crippen LogP contribution in [-0.2, 0) is 0 Å². The molecular formula is C21H27N5. The number of rotatable bonds is 4. The summed E-state index contributed by atoms with van der Waals surface area (Å²) in [5.74, 6) is 0.991. The lowest BCUT2D eigenvalue weighted by atomic mass is 10.1. The van der Waals surface area contributed by atoms with Gasteiger partial charge in [-0.05, 0) is 31.3 Å². The maximum absolute atomic E-state index is 4.44. The monoisotopic (exact) mass is 349 g/mol. The van der Waals surface area contributed by atoms with E-state index in [9.17, 15) is 0 Å². The van der Waals surface area contributed by atoms with Crippen LogP contribution in [0, 0.1) is 0 Å². The lowest BCUT2D eigenvalue weighted by Crippen LogP contribution is -2.48. The van der Waals surface area contributed by atoms with Crippen molar-refractivity contribution >= 4 is 22.7 Å². The topological polar surface area (TPSA) is 25.0 Å². The van der Waals surface area contributed by atoms with Crippen molar-refractivity contribution in [2.75, 3.05) is 57.2 Å². The Morgan fingerprint density at radius 2 is 1.50 bits per heavy atom. The summed E-state index contributed by atoms with van der Waals surface area (Å²) in [6.07, 6.45) is 0. The van der Waals surface area contributed by atoms with Crippen molar-refractivity contribution in [3.8, 4) is 0 Å². The van der Waals surface area contributed by atoms with Gasteiger partial charge in [0.05, 0.1) is 29.4 Å². The molecule has 0 spiro atoms. The Balaban J connectivity index is 1.59. The second-order valence-electron chi connectivity index (χ2n) is 7.17. The van der Waals surface area contributed by atoms with E-state index in [-0.39, 0.29) is 0 Å². The molecule has 136 valence electrons. The Kier molecular flexibility index (Phi) is 4.57. The highest BCUT2D eigenvalue weighted by Gasteiger charge is 2.26. The van der Waals surface area contributed by atoms with Gasteiger partial charge in [0.15, 0.2) is 0 Å². The van der Waals surface area contributed by atoms with Crippen LogP contribution in [0.15, 0.2) is 60.9 Å². The first-order chi connectivity index (χ1) is 12.6. The molecule has 0 saturated carbocycles. The minimum atomic E-state index is 0.890. The number of nitrogens with one attached hydrogen (secondary N) is 1. The van der Waals surface area contributed by atoms with Crippen LogP contribution in [0.25, 0.3) is 0 Å². The molecule has 26 heavy (non-hydrogen) atoms. The highest BCUT2D eigenvalue weighted by molar-refractivity contribution is 5.93. The fourth-order valence-corrected chi connectivity index (χ4v) is 3.64. The maximum atomic E-state index is 4.44. The molecule has 5 heteroatoms. The number of hydrogen-bond donors (Lipinski definition) is 1. The summed E-state index contributed by atoms with van der Waals surface area (Å²) in [6, 6.07) is 16.8. The van der Waals surface area contributed by atoms with E-state index >= 15 is 0 Å². The van der Waals surface area contributed by atoms with Gasteiger partial charge in [0.25, 0.3) is 0 Å². The molecule has 2 aliphatic rings. The summed E-state index contributed by atoms with van der Waals surface area (Å²) in [4.78, 5) is 9.39. The summed E-state index contributed by atoms with van der Waals surface area (Å²) in [5.41, 5.74) is 4.50. The molecule has 5 nitrogen and oxygen atoms in total. The third kappa shape index (κ3) is 3.16. The largest absolute Gasteiger partial charge is 0.352 e. The second kappa shape index (κ2) is 7.02. The normalized spacial score (nSPS) is 17.2. The van der Waals surface area contributed by atoms with E-state index < -0.39 is 0 Å². The van der Waals surface area contributed by atoms with Gasteiger partial charge >= 0.3 is 0 Å². The van der Waals surface area contributed by atoms with Crippen LogP contribution in [0.3, 0.4) is 0 Å². The van der Waals surface area contributed by atoms with Crippen molar-refractivity contribution in [3.05, 3.63) is 60.9 Å². The molecule has 4 rings (SSSR count). The van der Waals surface area contributed by atoms with Gasteiger partial charge in [-0.25, -0.2) is 0 Å². The van der Waals surface area contributed by atoms with Crippen LogP contribution in [0.1, 0.15) is 0 Å². The zero-order valence-corrected chi connectivity index (χ0v) is 15.7. The molecule has 1 saturated heterocycles. The third-order valence-electron chi connectivity index (χ3n) is 5.27. The van der Waals surface area contributed by atoms with E-state index in [1.807, 2.05) is 0 Å². The number of hydrogen-bond acceptors (Lipinski definition) is 5. The zero-order valence-electron chi connectivity index (χ0n) is 15.7. The van der Waals surface area contributed by atoms with E-state index in [1.54, 1.807) is 0 Å². The van der Waals surface area contributed by atoms with E-state index in [0.717, 1.165) is 61.4 Å². The number of para-hydroxylation sites is 4. The quantitative estimate of drug-likeness (QED) is 0.911. The highest BCUT2D eigenvalue weighted by Crippen LogP contribution is 2.45. The standard InChI is InChI=1S/C21H27N5/c1-17(24(3)16-25-14-12-23(2)13-15-25)26-20-10-6-4-8-18(20)22-19-9-5-7-11-21(19)26/h4-11,22H,1,12-16H2,2-3H3. The maximum Gasteiger partial charge on any atom is 0.107 e. The predicted octanol–water partition coefficient (Wildman–Crippen LogP) is 3.49. The van der Waals surface area contributed by atoms with Gasteiger partial charge in [0.2, 0.25) is 0 Å². The molecule has 1 fully saturated rings. The smallest absolute Gasteiger partial charge is 0.107 e. The van der Waals surface area contributed by atoms with Gasteiger partial charge in [0, 0.05) is 33.2 Å². The average molecular weight is 349 g/mol. The molecule has 0 atom stereocenters. The minimum Gasteiger partial charge on any atom is -0.352 e. The SMILES string of the molecule is C=C(N(C)CN1CCN(C)CC1)N1c2ccccc2Nc2ccccc21. The summed E-state index contributed by atoms with van der Waals surface area (Å²) >= 11 is 0. The van der Waals surface area contributed by atoms with Crippen molar-refractivity contribution in [1.82, 2.24) is 14.7 Å². The molecule has 2 heterocycles. The molecule has 0 bridgehead atoms. The number of fused-ring (bicyclic) bond motifs is 2. The molecule has 2 aliphatic heterocycles. The van der Waals surface area contributed by atoms with Crippen LogP contribution in [0.5, 0.6) is 0 Å². The Hall–Kier alpha value is -2.50. The van der Waals surface area contributed by atoms with Gasteiger partial charge in [-0.2, -0.15) is 0 Å². The van der Waals surface area contributed by atoms with E-state index in [2.05, 4.69) is 94.1 Å². The molecule has 2 aromatic carbocycles. The van der Waals surface area contributed by atoms with E-state index in [0.29, 0.717) is 0 Å². The molecule has 0 aromatic heterocycles. The number of likely N-dealkylation sites (N-methyl/N-ethyl adjacent to an activating group) is 1. The summed E-state index contributed by atoms with van der Waals surface area (Å²) < 4.78 is 0. The highest BCUT2D eigenvalue weighted by atomic mass is 15.4. The van der Waals surface area contributed by atoms with Gasteiger partial charge in [0.1, 0.15) is 5.82 Å². The lowest BCUT2D eigenvalue weighted by molar-refractivity contribution is 0.110. The molecule has 0 amide bonds. The van der Waals surface area contributed by atoms with Crippen LogP contribution < -0.4 is 10.2 Å². The average Bonchev–Trinajstić information content (AvgIpc) is 2.67. The Bertz CT molecular complexity index is 749. The molecule has 0 unspecified atom stereocenters. The fraction of sp³-hybridized carbons (Fsp3) is 0.333. The Morgan fingerprint density at radius 3 is 2.08 bits per heavy atom. The summed E-state index contributed by atoms with van der Waals surface area (Å²) in [6.45, 7) is 9.78. The molecular weight excluding hydrogens is 322 g/mol. The van der Waals surface area contributed by atoms with Crippen LogP contribution in [0.2, 0.25) is 0 Å². The lowest BCUT2D eigenvalue weighted by Gasteiger charge is -2.41. The van der Waals surface area contributed by atoms with Crippen molar-refractivity contribution < 1.29 is 0 Å². The zero-order chi connectivity index (χ0) is 18.1. The summed E-state index contributed by atoms with van der Waals surface area (Å²) in [7, 11) is 4.32. The first kappa shape index (κ1) is 16.9. The first-order valence-corrected chi connectivity index (χ1v) is 9.19. The number of anilines is 4. The molecule has 0 radical (unpaired) electrons. The Labute approximate surface area is 156 Å². The second-order valence-corrected chi connectivity index (χ2v) is 7.17. The Morgan fingerprint density at radius 1 is 0.962 bits per heavy atom. The van der Waals surface area contributed by atoms with Crippen molar-refractivity contribution in [2.45, 2.75) is 0 Å². The van der Waals surface area contributed by atoms with E-state index in [4.69, 9.17) is 0 Å². The van der Waals surface area contributed by atoms with Crippen LogP contribution in [-0.4, -0.2) is 61.6 Å². The van der Waals surface area contributed by atoms with Crippen LogP contribution >= 0.6 is 0 Å². The number of benzene rings is 2. The van der Waals surface area contributed by atoms with Gasteiger partial charge in [-0.15, -0.1) is 0 Å². The third-order valence-corrected chi connectivity index (χ3v) is 5.27.